The number of rotatable bonds is 5. The van der Waals surface area contributed by atoms with Crippen molar-refractivity contribution >= 4 is 23.2 Å². The Morgan fingerprint density at radius 3 is 2.46 bits per heavy atom. The number of nitrogens with zero attached hydrogens (tertiary/aromatic N) is 2. The number of hydrogen-bond acceptors (Lipinski definition) is 4. The summed E-state index contributed by atoms with van der Waals surface area (Å²) in [5.41, 5.74) is 3.05. The largest absolute Gasteiger partial charge is 0.497 e. The first-order valence-electron chi connectivity index (χ1n) is 9.14. The highest BCUT2D eigenvalue weighted by Gasteiger charge is 2.41. The SMILES string of the molecule is COc1ccc(C2=NC(C)(C)N(CC(=O)Nc3cc(C)ccc3C)C2=O)cc1. The van der Waals surface area contributed by atoms with Crippen LogP contribution >= 0.6 is 0 Å². The van der Waals surface area contributed by atoms with Crippen LogP contribution in [0.25, 0.3) is 0 Å². The van der Waals surface area contributed by atoms with E-state index in [0.29, 0.717) is 17.0 Å². The quantitative estimate of drug-likeness (QED) is 0.866. The maximum Gasteiger partial charge on any atom is 0.275 e. The van der Waals surface area contributed by atoms with Crippen molar-refractivity contribution in [2.45, 2.75) is 33.4 Å². The molecule has 0 aromatic heterocycles. The van der Waals surface area contributed by atoms with Gasteiger partial charge in [-0.2, -0.15) is 0 Å². The molecule has 6 nitrogen and oxygen atoms in total. The average Bonchev–Trinajstić information content (AvgIpc) is 2.88. The van der Waals surface area contributed by atoms with Crippen molar-refractivity contribution in [3.8, 4) is 5.75 Å². The van der Waals surface area contributed by atoms with Crippen molar-refractivity contribution in [1.29, 1.82) is 0 Å². The highest BCUT2D eigenvalue weighted by Crippen LogP contribution is 2.27. The molecule has 0 fully saturated rings. The van der Waals surface area contributed by atoms with Crippen LogP contribution in [0.15, 0.2) is 47.5 Å². The molecule has 0 radical (unpaired) electrons. The normalized spacial score (nSPS) is 15.4. The zero-order chi connectivity index (χ0) is 20.5. The molecule has 6 heteroatoms. The fraction of sp³-hybridized carbons (Fsp3) is 0.318. The van der Waals surface area contributed by atoms with Gasteiger partial charge in [-0.3, -0.25) is 14.6 Å². The summed E-state index contributed by atoms with van der Waals surface area (Å²) in [5.74, 6) is 0.200. The fourth-order valence-electron chi connectivity index (χ4n) is 3.16. The molecule has 0 spiro atoms. The van der Waals surface area contributed by atoms with Crippen LogP contribution in [-0.2, 0) is 9.59 Å². The highest BCUT2D eigenvalue weighted by molar-refractivity contribution is 6.47. The van der Waals surface area contributed by atoms with Crippen LogP contribution in [0.2, 0.25) is 0 Å². The number of benzene rings is 2. The Bertz CT molecular complexity index is 946. The summed E-state index contributed by atoms with van der Waals surface area (Å²) in [6.45, 7) is 7.49. The third-order valence-corrected chi connectivity index (χ3v) is 4.83. The van der Waals surface area contributed by atoms with Gasteiger partial charge < -0.3 is 15.0 Å². The minimum Gasteiger partial charge on any atom is -0.497 e. The molecule has 146 valence electrons. The van der Waals surface area contributed by atoms with Crippen molar-refractivity contribution in [3.05, 3.63) is 59.2 Å². The van der Waals surface area contributed by atoms with Gasteiger partial charge >= 0.3 is 0 Å². The lowest BCUT2D eigenvalue weighted by atomic mass is 10.1. The molecule has 1 N–H and O–H groups in total. The predicted octanol–water partition coefficient (Wildman–Crippen LogP) is 3.32. The van der Waals surface area contributed by atoms with E-state index >= 15 is 0 Å². The lowest BCUT2D eigenvalue weighted by Gasteiger charge is -2.28. The molecule has 28 heavy (non-hydrogen) atoms. The molecule has 1 aliphatic rings. The van der Waals surface area contributed by atoms with E-state index in [0.717, 1.165) is 16.8 Å². The number of aryl methyl sites for hydroxylation is 2. The molecule has 1 aliphatic heterocycles. The van der Waals surface area contributed by atoms with Crippen molar-refractivity contribution in [1.82, 2.24) is 4.90 Å². The molecule has 3 rings (SSSR count). The van der Waals surface area contributed by atoms with Crippen molar-refractivity contribution < 1.29 is 14.3 Å². The Morgan fingerprint density at radius 2 is 1.82 bits per heavy atom. The van der Waals surface area contributed by atoms with Gasteiger partial charge in [0.2, 0.25) is 5.91 Å². The second kappa shape index (κ2) is 7.46. The molecule has 0 atom stereocenters. The van der Waals surface area contributed by atoms with E-state index in [2.05, 4.69) is 10.3 Å². The maximum atomic E-state index is 13.0. The summed E-state index contributed by atoms with van der Waals surface area (Å²) in [4.78, 5) is 31.7. The van der Waals surface area contributed by atoms with Gasteiger partial charge in [0, 0.05) is 11.3 Å². The molecular weight excluding hydrogens is 354 g/mol. The number of amides is 2. The van der Waals surface area contributed by atoms with Gasteiger partial charge in [-0.25, -0.2) is 0 Å². The molecule has 0 saturated heterocycles. The Labute approximate surface area is 165 Å². The minimum absolute atomic E-state index is 0.0671. The van der Waals surface area contributed by atoms with Gasteiger partial charge in [0.1, 0.15) is 23.7 Å². The number of nitrogens with one attached hydrogen (secondary N) is 1. The third kappa shape index (κ3) is 3.91. The van der Waals surface area contributed by atoms with Crippen LogP contribution in [0, 0.1) is 13.8 Å². The van der Waals surface area contributed by atoms with E-state index in [1.165, 1.54) is 4.90 Å². The highest BCUT2D eigenvalue weighted by atomic mass is 16.5. The van der Waals surface area contributed by atoms with Crippen LogP contribution < -0.4 is 10.1 Å². The van der Waals surface area contributed by atoms with E-state index in [1.807, 2.05) is 45.9 Å². The number of ether oxygens (including phenoxy) is 1. The summed E-state index contributed by atoms with van der Waals surface area (Å²) >= 11 is 0. The minimum atomic E-state index is -0.800. The summed E-state index contributed by atoms with van der Waals surface area (Å²) < 4.78 is 5.16. The summed E-state index contributed by atoms with van der Waals surface area (Å²) in [7, 11) is 1.59. The van der Waals surface area contributed by atoms with Crippen molar-refractivity contribution in [2.75, 3.05) is 19.0 Å². The molecule has 2 amide bonds. The monoisotopic (exact) mass is 379 g/mol. The first-order chi connectivity index (χ1) is 13.2. The Balaban J connectivity index is 1.76. The lowest BCUT2D eigenvalue weighted by Crippen LogP contribution is -2.46. The maximum absolute atomic E-state index is 13.0. The van der Waals surface area contributed by atoms with Crippen LogP contribution in [0.3, 0.4) is 0 Å². The van der Waals surface area contributed by atoms with Crippen molar-refractivity contribution in [3.63, 3.8) is 0 Å². The van der Waals surface area contributed by atoms with Crippen LogP contribution in [0.5, 0.6) is 5.75 Å². The Kier molecular flexibility index (Phi) is 5.23. The third-order valence-electron chi connectivity index (χ3n) is 4.83. The number of aliphatic imine (C=N–C) groups is 1. The molecule has 1 heterocycles. The molecular formula is C22H25N3O3. The van der Waals surface area contributed by atoms with Crippen LogP contribution in [0.4, 0.5) is 5.69 Å². The molecule has 0 unspecified atom stereocenters. The van der Waals surface area contributed by atoms with Gasteiger partial charge in [0.05, 0.1) is 7.11 Å². The lowest BCUT2D eigenvalue weighted by molar-refractivity contribution is -0.131. The number of anilines is 1. The van der Waals surface area contributed by atoms with Gasteiger partial charge in [0.15, 0.2) is 0 Å². The topological polar surface area (TPSA) is 71.0 Å². The zero-order valence-corrected chi connectivity index (χ0v) is 16.9. The fourth-order valence-corrected chi connectivity index (χ4v) is 3.16. The number of carbonyl (C=O) groups excluding carboxylic acids is 2. The molecule has 0 saturated carbocycles. The molecule has 2 aromatic carbocycles. The standard InChI is InChI=1S/C22H25N3O3/c1-14-6-7-15(2)18(12-14)23-19(26)13-25-21(27)20(24-22(25,3)4)16-8-10-17(28-5)11-9-16/h6-12H,13H2,1-5H3,(H,23,26). The smallest absolute Gasteiger partial charge is 0.275 e. The van der Waals surface area contributed by atoms with E-state index in [1.54, 1.807) is 31.4 Å². The zero-order valence-electron chi connectivity index (χ0n) is 16.9. The van der Waals surface area contributed by atoms with Gasteiger partial charge in [-0.05, 0) is 69.2 Å². The second-order valence-corrected chi connectivity index (χ2v) is 7.44. The first-order valence-corrected chi connectivity index (χ1v) is 9.14. The number of methoxy groups -OCH3 is 1. The van der Waals surface area contributed by atoms with Gasteiger partial charge in [-0.15, -0.1) is 0 Å². The van der Waals surface area contributed by atoms with Crippen LogP contribution in [-0.4, -0.2) is 41.7 Å². The average molecular weight is 379 g/mol. The second-order valence-electron chi connectivity index (χ2n) is 7.44. The van der Waals surface area contributed by atoms with E-state index in [-0.39, 0.29) is 18.4 Å². The molecule has 2 aromatic rings. The summed E-state index contributed by atoms with van der Waals surface area (Å²) in [6.07, 6.45) is 0. The number of hydrogen-bond donors (Lipinski definition) is 1. The Hall–Kier alpha value is -3.15. The van der Waals surface area contributed by atoms with Crippen molar-refractivity contribution in [2.24, 2.45) is 4.99 Å². The summed E-state index contributed by atoms with van der Waals surface area (Å²) in [5, 5.41) is 2.91. The Morgan fingerprint density at radius 1 is 1.14 bits per heavy atom. The first kappa shape index (κ1) is 19.6. The number of carbonyl (C=O) groups is 2. The van der Waals surface area contributed by atoms with Gasteiger partial charge in [0.25, 0.3) is 5.91 Å². The van der Waals surface area contributed by atoms with E-state index in [9.17, 15) is 9.59 Å². The van der Waals surface area contributed by atoms with Crippen LogP contribution in [0.1, 0.15) is 30.5 Å². The van der Waals surface area contributed by atoms with Gasteiger partial charge in [-0.1, -0.05) is 12.1 Å². The summed E-state index contributed by atoms with van der Waals surface area (Å²) in [6, 6.07) is 13.0. The van der Waals surface area contributed by atoms with E-state index in [4.69, 9.17) is 4.74 Å². The molecule has 0 bridgehead atoms. The predicted molar refractivity (Wildman–Crippen MR) is 110 cm³/mol. The molecule has 0 aliphatic carbocycles. The van der Waals surface area contributed by atoms with E-state index < -0.39 is 5.66 Å².